The summed E-state index contributed by atoms with van der Waals surface area (Å²) in [6.07, 6.45) is 8.41. The molecule has 0 aliphatic rings. The molecule has 0 aliphatic carbocycles. The Morgan fingerprint density at radius 2 is 1.24 bits per heavy atom. The number of hydrogen-bond acceptors (Lipinski definition) is 3. The largest absolute Gasteiger partial charge is 0.473 e. The SMILES string of the molecule is CCCCCCCCC(C)=O.O=C(O)C(=O)O. The summed E-state index contributed by atoms with van der Waals surface area (Å²) in [5.41, 5.74) is 0. The van der Waals surface area contributed by atoms with E-state index in [1.165, 1.54) is 32.1 Å². The van der Waals surface area contributed by atoms with Gasteiger partial charge in [0.25, 0.3) is 0 Å². The van der Waals surface area contributed by atoms with Crippen LogP contribution < -0.4 is 0 Å². The Balaban J connectivity index is 0. The minimum absolute atomic E-state index is 0.334. The van der Waals surface area contributed by atoms with E-state index < -0.39 is 11.9 Å². The van der Waals surface area contributed by atoms with Crippen molar-refractivity contribution in [3.05, 3.63) is 0 Å². The van der Waals surface area contributed by atoms with Crippen LogP contribution in [0.15, 0.2) is 0 Å². The molecule has 0 saturated carbocycles. The molecule has 0 spiro atoms. The molecule has 0 heterocycles. The standard InChI is InChI=1S/C10H20O.C2H2O4/c1-3-4-5-6-7-8-9-10(2)11;3-1(4)2(5)6/h3-9H2,1-2H3;(H,3,4)(H,5,6). The highest BCUT2D eigenvalue weighted by Gasteiger charge is 2.04. The number of carbonyl (C=O) groups is 3. The van der Waals surface area contributed by atoms with Crippen molar-refractivity contribution >= 4 is 17.7 Å². The van der Waals surface area contributed by atoms with Crippen molar-refractivity contribution in [2.45, 2.75) is 58.8 Å². The van der Waals surface area contributed by atoms with Crippen LogP contribution in [0.3, 0.4) is 0 Å². The summed E-state index contributed by atoms with van der Waals surface area (Å²) in [5, 5.41) is 14.8. The first-order valence-corrected chi connectivity index (χ1v) is 5.87. The van der Waals surface area contributed by atoms with E-state index in [4.69, 9.17) is 19.8 Å². The van der Waals surface area contributed by atoms with Gasteiger partial charge in [-0.1, -0.05) is 39.0 Å². The second-order valence-corrected chi connectivity index (χ2v) is 3.83. The zero-order valence-electron chi connectivity index (χ0n) is 10.6. The third kappa shape index (κ3) is 20.6. The molecule has 0 atom stereocenters. The number of aliphatic carboxylic acids is 2. The maximum atomic E-state index is 10.5. The summed E-state index contributed by atoms with van der Waals surface area (Å²) in [6.45, 7) is 3.89. The smallest absolute Gasteiger partial charge is 0.414 e. The van der Waals surface area contributed by atoms with E-state index in [9.17, 15) is 4.79 Å². The second kappa shape index (κ2) is 12.7. The fourth-order valence-corrected chi connectivity index (χ4v) is 1.15. The molecule has 0 amide bonds. The predicted molar refractivity (Wildman–Crippen MR) is 63.9 cm³/mol. The average Bonchev–Trinajstić information content (AvgIpc) is 2.23. The number of ketones is 1. The molecule has 5 heteroatoms. The van der Waals surface area contributed by atoms with Crippen molar-refractivity contribution < 1.29 is 24.6 Å². The molecule has 0 rings (SSSR count). The predicted octanol–water partition coefficient (Wildman–Crippen LogP) is 2.48. The van der Waals surface area contributed by atoms with Gasteiger partial charge in [0.15, 0.2) is 0 Å². The van der Waals surface area contributed by atoms with Crippen LogP contribution in [0.4, 0.5) is 0 Å². The fourth-order valence-electron chi connectivity index (χ4n) is 1.15. The summed E-state index contributed by atoms with van der Waals surface area (Å²) in [4.78, 5) is 28.7. The van der Waals surface area contributed by atoms with Gasteiger partial charge < -0.3 is 15.0 Å². The number of rotatable bonds is 7. The molecule has 0 aromatic carbocycles. The molecule has 0 bridgehead atoms. The van der Waals surface area contributed by atoms with Gasteiger partial charge in [0, 0.05) is 6.42 Å². The molecule has 0 aliphatic heterocycles. The normalized spacial score (nSPS) is 9.06. The summed E-state index contributed by atoms with van der Waals surface area (Å²) in [7, 11) is 0. The fraction of sp³-hybridized carbons (Fsp3) is 0.750. The Hall–Kier alpha value is -1.39. The number of carboxylic acids is 2. The molecule has 0 aromatic rings. The van der Waals surface area contributed by atoms with Crippen LogP contribution in [0, 0.1) is 0 Å². The summed E-state index contributed by atoms with van der Waals surface area (Å²) >= 11 is 0. The zero-order chi connectivity index (χ0) is 13.7. The lowest BCUT2D eigenvalue weighted by Gasteiger charge is -1.97. The van der Waals surface area contributed by atoms with Crippen LogP contribution in [-0.2, 0) is 14.4 Å². The maximum Gasteiger partial charge on any atom is 0.414 e. The Morgan fingerprint density at radius 1 is 0.824 bits per heavy atom. The molecule has 0 unspecified atom stereocenters. The van der Waals surface area contributed by atoms with Crippen molar-refractivity contribution in [2.75, 3.05) is 0 Å². The van der Waals surface area contributed by atoms with Gasteiger partial charge in [-0.25, -0.2) is 9.59 Å². The molecular formula is C12H22O5. The lowest BCUT2D eigenvalue weighted by molar-refractivity contribution is -0.159. The van der Waals surface area contributed by atoms with Crippen LogP contribution in [-0.4, -0.2) is 27.9 Å². The topological polar surface area (TPSA) is 91.7 Å². The Labute approximate surface area is 102 Å². The minimum atomic E-state index is -1.82. The molecule has 2 N–H and O–H groups in total. The first kappa shape index (κ1) is 18.0. The van der Waals surface area contributed by atoms with E-state index in [-0.39, 0.29) is 0 Å². The first-order chi connectivity index (χ1) is 7.91. The summed E-state index contributed by atoms with van der Waals surface area (Å²) in [5.74, 6) is -3.31. The van der Waals surface area contributed by atoms with Crippen molar-refractivity contribution in [3.63, 3.8) is 0 Å². The zero-order valence-corrected chi connectivity index (χ0v) is 10.6. The number of hydrogen-bond donors (Lipinski definition) is 2. The van der Waals surface area contributed by atoms with E-state index in [0.717, 1.165) is 12.8 Å². The molecule has 100 valence electrons. The molecular weight excluding hydrogens is 224 g/mol. The highest BCUT2D eigenvalue weighted by atomic mass is 16.4. The van der Waals surface area contributed by atoms with E-state index >= 15 is 0 Å². The van der Waals surface area contributed by atoms with Gasteiger partial charge >= 0.3 is 11.9 Å². The number of unbranched alkanes of at least 4 members (excludes halogenated alkanes) is 5. The second-order valence-electron chi connectivity index (χ2n) is 3.83. The molecule has 17 heavy (non-hydrogen) atoms. The van der Waals surface area contributed by atoms with E-state index in [0.29, 0.717) is 5.78 Å². The van der Waals surface area contributed by atoms with E-state index in [1.807, 2.05) is 0 Å². The van der Waals surface area contributed by atoms with E-state index in [2.05, 4.69) is 6.92 Å². The van der Waals surface area contributed by atoms with Gasteiger partial charge in [-0.05, 0) is 13.3 Å². The first-order valence-electron chi connectivity index (χ1n) is 5.87. The highest BCUT2D eigenvalue weighted by molar-refractivity contribution is 6.27. The number of carboxylic acid groups (broad SMARTS) is 2. The van der Waals surface area contributed by atoms with Gasteiger partial charge in [-0.2, -0.15) is 0 Å². The van der Waals surface area contributed by atoms with Crippen LogP contribution in [0.1, 0.15) is 58.8 Å². The van der Waals surface area contributed by atoms with Crippen molar-refractivity contribution in [1.82, 2.24) is 0 Å². The number of carbonyl (C=O) groups excluding carboxylic acids is 1. The van der Waals surface area contributed by atoms with Crippen molar-refractivity contribution in [1.29, 1.82) is 0 Å². The van der Waals surface area contributed by atoms with E-state index in [1.54, 1.807) is 6.92 Å². The monoisotopic (exact) mass is 246 g/mol. The van der Waals surface area contributed by atoms with Gasteiger partial charge in [0.1, 0.15) is 5.78 Å². The Bertz CT molecular complexity index is 223. The molecule has 5 nitrogen and oxygen atoms in total. The Morgan fingerprint density at radius 3 is 1.59 bits per heavy atom. The van der Waals surface area contributed by atoms with Gasteiger partial charge in [-0.3, -0.25) is 0 Å². The minimum Gasteiger partial charge on any atom is -0.473 e. The van der Waals surface area contributed by atoms with Crippen molar-refractivity contribution in [3.8, 4) is 0 Å². The summed E-state index contributed by atoms with van der Waals surface area (Å²) in [6, 6.07) is 0. The maximum absolute atomic E-state index is 10.5. The van der Waals surface area contributed by atoms with Gasteiger partial charge in [0.2, 0.25) is 0 Å². The average molecular weight is 246 g/mol. The molecule has 0 aromatic heterocycles. The van der Waals surface area contributed by atoms with Crippen LogP contribution in [0.25, 0.3) is 0 Å². The highest BCUT2D eigenvalue weighted by Crippen LogP contribution is 2.06. The molecule has 0 saturated heterocycles. The Kier molecular flexibility index (Phi) is 13.4. The van der Waals surface area contributed by atoms with Crippen LogP contribution in [0.5, 0.6) is 0 Å². The number of Topliss-reactive ketones (excluding diaryl/α,β-unsaturated/α-hetero) is 1. The van der Waals surface area contributed by atoms with Crippen molar-refractivity contribution in [2.24, 2.45) is 0 Å². The van der Waals surface area contributed by atoms with Crippen LogP contribution in [0.2, 0.25) is 0 Å². The summed E-state index contributed by atoms with van der Waals surface area (Å²) < 4.78 is 0. The van der Waals surface area contributed by atoms with Gasteiger partial charge in [-0.15, -0.1) is 0 Å². The quantitative estimate of drug-likeness (QED) is 0.532. The molecule has 0 radical (unpaired) electrons. The third-order valence-corrected chi connectivity index (χ3v) is 2.07. The lowest BCUT2D eigenvalue weighted by atomic mass is 10.1. The van der Waals surface area contributed by atoms with Crippen LogP contribution >= 0.6 is 0 Å². The molecule has 0 fully saturated rings. The lowest BCUT2D eigenvalue weighted by Crippen LogP contribution is -2.09. The van der Waals surface area contributed by atoms with Gasteiger partial charge in [0.05, 0.1) is 0 Å². The third-order valence-electron chi connectivity index (χ3n) is 2.07.